The number of aromatic amines is 1. The van der Waals surface area contributed by atoms with E-state index in [-0.39, 0.29) is 23.5 Å². The summed E-state index contributed by atoms with van der Waals surface area (Å²) in [6.45, 7) is 7.31. The fraction of sp³-hybridized carbons (Fsp3) is 0.476. The van der Waals surface area contributed by atoms with Crippen molar-refractivity contribution < 1.29 is 9.59 Å². The van der Waals surface area contributed by atoms with Crippen LogP contribution in [0.25, 0.3) is 5.69 Å². The number of hydrogen-bond donors (Lipinski definition) is 2. The van der Waals surface area contributed by atoms with Crippen molar-refractivity contribution in [1.82, 2.24) is 19.8 Å². The Morgan fingerprint density at radius 1 is 1.18 bits per heavy atom. The van der Waals surface area contributed by atoms with E-state index in [0.29, 0.717) is 31.0 Å². The number of imidazole rings is 1. The van der Waals surface area contributed by atoms with E-state index in [2.05, 4.69) is 10.3 Å². The van der Waals surface area contributed by atoms with Crippen LogP contribution in [0.4, 0.5) is 0 Å². The molecule has 1 aromatic carbocycles. The minimum Gasteiger partial charge on any atom is -0.349 e. The highest BCUT2D eigenvalue weighted by Gasteiger charge is 2.24. The number of amides is 2. The van der Waals surface area contributed by atoms with Crippen LogP contribution in [0, 0.1) is 12.8 Å². The third-order valence-electron chi connectivity index (χ3n) is 5.11. The molecule has 1 saturated heterocycles. The summed E-state index contributed by atoms with van der Waals surface area (Å²) in [5, 5.41) is 3.06. The Bertz CT molecular complexity index is 887. The van der Waals surface area contributed by atoms with Gasteiger partial charge in [-0.3, -0.25) is 14.2 Å². The fourth-order valence-electron chi connectivity index (χ4n) is 3.56. The van der Waals surface area contributed by atoms with Gasteiger partial charge in [0.05, 0.1) is 5.69 Å². The van der Waals surface area contributed by atoms with E-state index < -0.39 is 0 Å². The van der Waals surface area contributed by atoms with Gasteiger partial charge >= 0.3 is 5.69 Å². The van der Waals surface area contributed by atoms with Crippen LogP contribution in [0.5, 0.6) is 0 Å². The van der Waals surface area contributed by atoms with Gasteiger partial charge in [0.1, 0.15) is 0 Å². The maximum atomic E-state index is 12.5. The normalized spacial score (nSPS) is 15.1. The first-order valence-electron chi connectivity index (χ1n) is 9.81. The van der Waals surface area contributed by atoms with Gasteiger partial charge in [-0.2, -0.15) is 0 Å². The van der Waals surface area contributed by atoms with Crippen molar-refractivity contribution in [3.05, 3.63) is 52.2 Å². The van der Waals surface area contributed by atoms with Gasteiger partial charge in [-0.25, -0.2) is 4.79 Å². The van der Waals surface area contributed by atoms with E-state index >= 15 is 0 Å². The van der Waals surface area contributed by atoms with Crippen molar-refractivity contribution in [2.45, 2.75) is 46.1 Å². The van der Waals surface area contributed by atoms with Gasteiger partial charge in [0.15, 0.2) is 0 Å². The number of carbonyl (C=O) groups is 2. The lowest BCUT2D eigenvalue weighted by molar-refractivity contribution is -0.133. The van der Waals surface area contributed by atoms with E-state index in [1.165, 1.54) is 0 Å². The summed E-state index contributed by atoms with van der Waals surface area (Å²) in [5.74, 6) is 0.432. The van der Waals surface area contributed by atoms with Gasteiger partial charge < -0.3 is 15.2 Å². The van der Waals surface area contributed by atoms with Gasteiger partial charge in [0.2, 0.25) is 5.91 Å². The van der Waals surface area contributed by atoms with Crippen molar-refractivity contribution in [3.63, 3.8) is 0 Å². The number of nitrogens with one attached hydrogen (secondary N) is 2. The molecule has 7 nitrogen and oxygen atoms in total. The summed E-state index contributed by atoms with van der Waals surface area (Å²) < 4.78 is 1.56. The van der Waals surface area contributed by atoms with Crippen LogP contribution in [0.1, 0.15) is 49.2 Å². The van der Waals surface area contributed by atoms with E-state index in [9.17, 15) is 14.4 Å². The molecule has 0 spiro atoms. The first-order valence-corrected chi connectivity index (χ1v) is 9.81. The summed E-state index contributed by atoms with van der Waals surface area (Å²) >= 11 is 0. The molecule has 0 saturated carbocycles. The zero-order chi connectivity index (χ0) is 20.3. The van der Waals surface area contributed by atoms with Gasteiger partial charge in [-0.05, 0) is 49.9 Å². The zero-order valence-electron chi connectivity index (χ0n) is 16.7. The van der Waals surface area contributed by atoms with Crippen molar-refractivity contribution in [1.29, 1.82) is 0 Å². The minimum atomic E-state index is -0.200. The Morgan fingerprint density at radius 2 is 1.82 bits per heavy atom. The molecule has 0 aliphatic carbocycles. The lowest BCUT2D eigenvalue weighted by Crippen LogP contribution is -2.46. The van der Waals surface area contributed by atoms with Crippen LogP contribution in [0.2, 0.25) is 0 Å². The van der Waals surface area contributed by atoms with Gasteiger partial charge in [0, 0.05) is 43.0 Å². The molecule has 0 atom stereocenters. The topological polar surface area (TPSA) is 87.2 Å². The van der Waals surface area contributed by atoms with Crippen molar-refractivity contribution in [3.8, 4) is 5.69 Å². The quantitative estimate of drug-likeness (QED) is 0.829. The first-order chi connectivity index (χ1) is 13.3. The van der Waals surface area contributed by atoms with Crippen LogP contribution >= 0.6 is 0 Å². The highest BCUT2D eigenvalue weighted by atomic mass is 16.2. The predicted molar refractivity (Wildman–Crippen MR) is 108 cm³/mol. The molecule has 1 aliphatic rings. The van der Waals surface area contributed by atoms with Crippen molar-refractivity contribution in [2.75, 3.05) is 13.1 Å². The molecule has 150 valence electrons. The molecule has 1 aromatic heterocycles. The van der Waals surface area contributed by atoms with Crippen LogP contribution in [0.3, 0.4) is 0 Å². The smallest absolute Gasteiger partial charge is 0.330 e. The van der Waals surface area contributed by atoms with Crippen LogP contribution < -0.4 is 11.0 Å². The zero-order valence-corrected chi connectivity index (χ0v) is 16.7. The molecule has 2 N–H and O–H groups in total. The number of likely N-dealkylation sites (tertiary alicyclic amines) is 1. The predicted octanol–water partition coefficient (Wildman–Crippen LogP) is 2.24. The highest BCUT2D eigenvalue weighted by Crippen LogP contribution is 2.15. The van der Waals surface area contributed by atoms with Gasteiger partial charge in [-0.15, -0.1) is 0 Å². The largest absolute Gasteiger partial charge is 0.349 e. The lowest BCUT2D eigenvalue weighted by Gasteiger charge is -2.32. The summed E-state index contributed by atoms with van der Waals surface area (Å²) in [5.41, 5.74) is 1.88. The van der Waals surface area contributed by atoms with Gasteiger partial charge in [-0.1, -0.05) is 13.8 Å². The SMILES string of the molecule is Cc1c[nH]c(=O)n1-c1ccc(C(=O)NC2CCN(C(=O)CC(C)C)CC2)cc1. The average Bonchev–Trinajstić information content (AvgIpc) is 3.00. The Balaban J connectivity index is 1.56. The summed E-state index contributed by atoms with van der Waals surface area (Å²) in [7, 11) is 0. The maximum absolute atomic E-state index is 12.5. The second-order valence-electron chi connectivity index (χ2n) is 7.84. The molecule has 0 radical (unpaired) electrons. The molecule has 0 unspecified atom stereocenters. The molecule has 7 heteroatoms. The number of aryl methyl sites for hydroxylation is 1. The number of aromatic nitrogens is 2. The van der Waals surface area contributed by atoms with Crippen molar-refractivity contribution in [2.24, 2.45) is 5.92 Å². The number of rotatable bonds is 5. The second kappa shape index (κ2) is 8.46. The van der Waals surface area contributed by atoms with E-state index in [0.717, 1.165) is 24.2 Å². The molecule has 3 rings (SSSR count). The number of carbonyl (C=O) groups excluding carboxylic acids is 2. The molecular weight excluding hydrogens is 356 g/mol. The lowest BCUT2D eigenvalue weighted by atomic mass is 10.0. The number of H-pyrrole nitrogens is 1. The fourth-order valence-corrected chi connectivity index (χ4v) is 3.56. The average molecular weight is 384 g/mol. The van der Waals surface area contributed by atoms with Crippen LogP contribution in [-0.4, -0.2) is 45.4 Å². The van der Waals surface area contributed by atoms with Crippen molar-refractivity contribution >= 4 is 11.8 Å². The third kappa shape index (κ3) is 4.52. The maximum Gasteiger partial charge on any atom is 0.330 e. The molecule has 2 heterocycles. The standard InChI is InChI=1S/C21H28N4O3/c1-14(2)12-19(26)24-10-8-17(9-11-24)23-20(27)16-4-6-18(7-5-16)25-15(3)13-22-21(25)28/h4-7,13-14,17H,8-12H2,1-3H3,(H,22,28)(H,23,27). The van der Waals surface area contributed by atoms with Gasteiger partial charge in [0.25, 0.3) is 5.91 Å². The number of nitrogens with zero attached hydrogens (tertiary/aromatic N) is 2. The van der Waals surface area contributed by atoms with Crippen LogP contribution in [-0.2, 0) is 4.79 Å². The molecule has 28 heavy (non-hydrogen) atoms. The number of hydrogen-bond acceptors (Lipinski definition) is 3. The molecule has 2 amide bonds. The molecule has 2 aromatic rings. The number of benzene rings is 1. The second-order valence-corrected chi connectivity index (χ2v) is 7.84. The Kier molecular flexibility index (Phi) is 6.02. The molecular formula is C21H28N4O3. The third-order valence-corrected chi connectivity index (χ3v) is 5.11. The molecule has 1 aliphatic heterocycles. The Hall–Kier alpha value is -2.83. The highest BCUT2D eigenvalue weighted by molar-refractivity contribution is 5.94. The monoisotopic (exact) mass is 384 g/mol. The first kappa shape index (κ1) is 19.9. The summed E-state index contributed by atoms with van der Waals surface area (Å²) in [6.07, 6.45) is 3.77. The molecule has 0 bridgehead atoms. The summed E-state index contributed by atoms with van der Waals surface area (Å²) in [4.78, 5) is 41.1. The molecule has 1 fully saturated rings. The minimum absolute atomic E-state index is 0.0739. The number of piperidine rings is 1. The van der Waals surface area contributed by atoms with Crippen LogP contribution in [0.15, 0.2) is 35.3 Å². The summed E-state index contributed by atoms with van der Waals surface area (Å²) in [6, 6.07) is 7.06. The van der Waals surface area contributed by atoms with E-state index in [1.807, 2.05) is 25.7 Å². The Morgan fingerprint density at radius 3 is 2.36 bits per heavy atom. The van der Waals surface area contributed by atoms with E-state index in [1.54, 1.807) is 35.0 Å². The Labute approximate surface area is 164 Å². The van der Waals surface area contributed by atoms with E-state index in [4.69, 9.17) is 0 Å².